The molecule has 6 amide bonds. The summed E-state index contributed by atoms with van der Waals surface area (Å²) in [6.07, 6.45) is 1.47. The number of aliphatic hydroxyl groups is 1. The van der Waals surface area contributed by atoms with Crippen LogP contribution in [0.2, 0.25) is 5.02 Å². The summed E-state index contributed by atoms with van der Waals surface area (Å²) >= 11 is 9.35. The predicted molar refractivity (Wildman–Crippen MR) is 420 cm³/mol. The summed E-state index contributed by atoms with van der Waals surface area (Å²) in [5.41, 5.74) is 0.803. The predicted octanol–water partition coefficient (Wildman–Crippen LogP) is 10.5. The lowest BCUT2D eigenvalue weighted by Gasteiger charge is -2.43. The molecule has 4 saturated heterocycles. The van der Waals surface area contributed by atoms with Crippen molar-refractivity contribution in [3.8, 4) is 10.4 Å². The van der Waals surface area contributed by atoms with Crippen LogP contribution in [0.3, 0.4) is 0 Å². The Balaban J connectivity index is 0.655. The van der Waals surface area contributed by atoms with Gasteiger partial charge < -0.3 is 45.4 Å². The molecule has 592 valence electrons. The van der Waals surface area contributed by atoms with Crippen LogP contribution in [0.1, 0.15) is 119 Å². The maximum Gasteiger partial charge on any atom is 0.501 e. The van der Waals surface area contributed by atoms with E-state index < -0.39 is 106 Å². The second kappa shape index (κ2) is 35.8. The average Bonchev–Trinajstić information content (AvgIpc) is 0.992. The molecule has 31 heteroatoms. The summed E-state index contributed by atoms with van der Waals surface area (Å²) in [5, 5.41) is 20.3. The van der Waals surface area contributed by atoms with Gasteiger partial charge in [0.15, 0.2) is 0 Å². The highest BCUT2D eigenvalue weighted by Gasteiger charge is 2.50. The van der Waals surface area contributed by atoms with Crippen molar-refractivity contribution < 1.29 is 68.6 Å². The van der Waals surface area contributed by atoms with Gasteiger partial charge in [-0.2, -0.15) is 13.2 Å². The summed E-state index contributed by atoms with van der Waals surface area (Å²) in [4.78, 5) is 99.7. The number of thioether (sulfide) groups is 1. The Morgan fingerprint density at radius 2 is 1.45 bits per heavy atom. The smallest absolute Gasteiger partial charge is 0.391 e. The second-order valence-electron chi connectivity index (χ2n) is 30.3. The summed E-state index contributed by atoms with van der Waals surface area (Å²) in [5.74, 6) is -2.23. The SMILES string of the molecule is Cc1ncsc1-c1ccc([C@H](C)NC(=O)[C@@H]2C[C@@H](O)CN2C(=O)[C@@H](NC(=O)CCCC(=O)N2CCN(C(=O)C3(C)CCC(c4ccc(Cl)cc4)=C(CN4CCN(c5ccc(C(=O)NS(=O)(=O)c6ccc(N[C@H](CCN7CCOCC7)CSc7ccccc7)c(S(=O)(=O)C(F)(F)F)c6)cc5)CC4)C3)CC2)C(C)(C)C)cc1. The number of morpholine rings is 1. The Kier molecular flexibility index (Phi) is 27.0. The highest BCUT2D eigenvalue weighted by Crippen LogP contribution is 2.45. The summed E-state index contributed by atoms with van der Waals surface area (Å²) < 4.78 is 105. The molecule has 4 aliphatic heterocycles. The zero-order valence-corrected chi connectivity index (χ0v) is 66.7. The lowest BCUT2D eigenvalue weighted by atomic mass is 9.70. The van der Waals surface area contributed by atoms with Crippen molar-refractivity contribution in [2.45, 2.75) is 143 Å². The van der Waals surface area contributed by atoms with Crippen molar-refractivity contribution in [2.24, 2.45) is 10.8 Å². The van der Waals surface area contributed by atoms with Crippen molar-refractivity contribution in [3.05, 3.63) is 160 Å². The van der Waals surface area contributed by atoms with Crippen LogP contribution in [0, 0.1) is 17.8 Å². The first kappa shape index (κ1) is 83.0. The molecule has 0 spiro atoms. The number of aromatic nitrogens is 1. The van der Waals surface area contributed by atoms with E-state index in [-0.39, 0.29) is 49.6 Å². The Labute approximate surface area is 655 Å². The monoisotopic (exact) mass is 1610 g/mol. The van der Waals surface area contributed by atoms with Gasteiger partial charge in [0.25, 0.3) is 25.8 Å². The number of benzene rings is 5. The van der Waals surface area contributed by atoms with Crippen molar-refractivity contribution in [1.82, 2.24) is 44.8 Å². The van der Waals surface area contributed by atoms with Gasteiger partial charge in [-0.1, -0.05) is 99.5 Å². The van der Waals surface area contributed by atoms with Gasteiger partial charge in [0, 0.05) is 137 Å². The number of alkyl halides is 3. The van der Waals surface area contributed by atoms with E-state index in [0.717, 1.165) is 61.1 Å². The minimum atomic E-state index is -6.13. The highest BCUT2D eigenvalue weighted by molar-refractivity contribution is 7.99. The Morgan fingerprint density at radius 3 is 2.10 bits per heavy atom. The molecule has 6 atom stereocenters. The first-order valence-electron chi connectivity index (χ1n) is 37.2. The molecule has 5 N–H and O–H groups in total. The molecule has 11 rings (SSSR count). The Morgan fingerprint density at radius 1 is 0.791 bits per heavy atom. The molecule has 0 radical (unpaired) electrons. The molecule has 0 bridgehead atoms. The zero-order chi connectivity index (χ0) is 78.9. The van der Waals surface area contributed by atoms with Crippen LogP contribution in [0.15, 0.2) is 147 Å². The maximum absolute atomic E-state index is 14.8. The normalized spacial score (nSPS) is 20.1. The van der Waals surface area contributed by atoms with E-state index in [1.165, 1.54) is 28.8 Å². The van der Waals surface area contributed by atoms with E-state index in [9.17, 15) is 63.9 Å². The first-order chi connectivity index (χ1) is 52.2. The first-order valence-corrected chi connectivity index (χ1v) is 42.4. The van der Waals surface area contributed by atoms with Crippen LogP contribution in [-0.4, -0.2) is 221 Å². The van der Waals surface area contributed by atoms with Crippen molar-refractivity contribution in [2.75, 3.05) is 114 Å². The average molecular weight is 1610 g/mol. The van der Waals surface area contributed by atoms with Gasteiger partial charge in [0.2, 0.25) is 29.5 Å². The van der Waals surface area contributed by atoms with Gasteiger partial charge in [-0.25, -0.2) is 26.5 Å². The van der Waals surface area contributed by atoms with Crippen LogP contribution in [0.25, 0.3) is 16.0 Å². The number of rotatable bonds is 27. The molecule has 5 aromatic carbocycles. The lowest BCUT2D eigenvalue weighted by molar-refractivity contribution is -0.147. The van der Waals surface area contributed by atoms with E-state index in [4.69, 9.17) is 16.3 Å². The number of aliphatic hydroxyl groups excluding tert-OH is 1. The molecule has 6 aromatic rings. The maximum atomic E-state index is 14.8. The van der Waals surface area contributed by atoms with Crippen LogP contribution in [0.4, 0.5) is 24.5 Å². The number of carbonyl (C=O) groups excluding carboxylic acids is 6. The number of amides is 6. The number of nitrogens with one attached hydrogen (secondary N) is 4. The molecule has 1 aliphatic carbocycles. The number of sulfonamides is 1. The largest absolute Gasteiger partial charge is 0.501 e. The molecular weight excluding hydrogens is 1520 g/mol. The molecule has 1 unspecified atom stereocenters. The number of β-amino-alcohol motifs (C(OH)–C–C–N with tert-alkyl or cyclic N) is 1. The minimum Gasteiger partial charge on any atom is -0.391 e. The van der Waals surface area contributed by atoms with E-state index in [1.807, 2.05) is 130 Å². The number of anilines is 2. The third kappa shape index (κ3) is 20.6. The van der Waals surface area contributed by atoms with Gasteiger partial charge in [-0.15, -0.1) is 23.1 Å². The number of aryl methyl sites for hydroxylation is 1. The summed E-state index contributed by atoms with van der Waals surface area (Å²) in [6.45, 7) is 18.3. The number of thiazole rings is 1. The molecule has 23 nitrogen and oxygen atoms in total. The lowest BCUT2D eigenvalue weighted by Crippen LogP contribution is -2.57. The summed E-state index contributed by atoms with van der Waals surface area (Å²) in [6, 6.07) is 30.4. The third-order valence-corrected chi connectivity index (χ3v) is 26.5. The molecule has 0 saturated carbocycles. The Bertz CT molecular complexity index is 4530. The standard InChI is InChI=1S/C79H97ClF3N11O12S4/c1-52(54-15-17-56(18-16-54)71-53(2)84-51-108-71)85-74(99)67-45-62(95)49-94(67)75(100)72(77(3,4)5)87-69(96)13-10-14-70(97)92-37-39-93(40-38-92)76(101)78(6)31-29-65(55-19-23-59(80)24-20-55)58(47-78)48-90-33-35-91(36-34-90)61-25-21-57(22-26-61)73(98)88-110(104,105)64-27-28-66(68(46-64)109(102,103)79(81,82)83)86-60(30-32-89-41-43-106-44-42-89)50-107-63-11-8-7-9-12-63/h7-9,11-12,15-28,46,51-52,60,62,67,72,86,95H,10,13-14,29-45,47-50H2,1-6H3,(H,85,99)(H,87,96)(H,88,98)/t52-,60+,62+,67-,72+,78?/m0/s1. The number of nitrogens with zero attached hydrogens (tertiary/aromatic N) is 7. The van der Waals surface area contributed by atoms with Gasteiger partial charge in [-0.3, -0.25) is 38.6 Å². The number of hydrogen-bond acceptors (Lipinski definition) is 19. The number of halogens is 4. The minimum absolute atomic E-state index is 0.00631. The molecular formula is C79H97ClF3N11O12S4. The summed E-state index contributed by atoms with van der Waals surface area (Å²) in [7, 11) is -11.1. The number of ether oxygens (including phenoxy) is 1. The molecule has 1 aromatic heterocycles. The topological polar surface area (TPSA) is 281 Å². The van der Waals surface area contributed by atoms with Crippen molar-refractivity contribution in [1.29, 1.82) is 0 Å². The van der Waals surface area contributed by atoms with Gasteiger partial charge in [0.05, 0.1) is 57.4 Å². The van der Waals surface area contributed by atoms with Crippen LogP contribution in [-0.2, 0) is 48.6 Å². The number of sulfone groups is 1. The fraction of sp³-hybridized carbons (Fsp3) is 0.481. The number of hydrogen-bond donors (Lipinski definition) is 5. The molecule has 110 heavy (non-hydrogen) atoms. The van der Waals surface area contributed by atoms with Crippen molar-refractivity contribution in [3.63, 3.8) is 0 Å². The van der Waals surface area contributed by atoms with E-state index in [0.29, 0.717) is 134 Å². The number of allylic oxidation sites excluding steroid dienone is 1. The van der Waals surface area contributed by atoms with E-state index in [1.54, 1.807) is 33.9 Å². The zero-order valence-electron chi connectivity index (χ0n) is 62.7. The quantitative estimate of drug-likeness (QED) is 0.0300. The van der Waals surface area contributed by atoms with Gasteiger partial charge >= 0.3 is 5.51 Å². The highest BCUT2D eigenvalue weighted by atomic mass is 35.5. The second-order valence-corrected chi connectivity index (χ2v) is 36.3. The fourth-order valence-corrected chi connectivity index (χ4v) is 18.8. The van der Waals surface area contributed by atoms with Crippen LogP contribution >= 0.6 is 34.7 Å². The van der Waals surface area contributed by atoms with Gasteiger partial charge in [0.1, 0.15) is 17.0 Å². The van der Waals surface area contributed by atoms with Crippen molar-refractivity contribution >= 4 is 107 Å². The number of carbonyl (C=O) groups is 6. The number of likely N-dealkylation sites (tertiary alicyclic amines) is 1. The third-order valence-electron chi connectivity index (χ3n) is 21.3. The number of piperazine rings is 2. The molecule has 4 fully saturated rings. The van der Waals surface area contributed by atoms with E-state index >= 15 is 0 Å². The molecule has 5 heterocycles. The fourth-order valence-electron chi connectivity index (χ4n) is 14.9. The van der Waals surface area contributed by atoms with Crippen LogP contribution < -0.4 is 25.6 Å². The van der Waals surface area contributed by atoms with Crippen LogP contribution in [0.5, 0.6) is 0 Å². The Hall–Kier alpha value is -7.94. The molecule has 5 aliphatic rings. The van der Waals surface area contributed by atoms with Gasteiger partial charge in [-0.05, 0) is 140 Å². The van der Waals surface area contributed by atoms with E-state index in [2.05, 4.69) is 35.6 Å².